The number of carbonyl (C=O) groups is 1. The first kappa shape index (κ1) is 8.67. The molecule has 4 heteroatoms. The molecule has 1 amide bonds. The lowest BCUT2D eigenvalue weighted by molar-refractivity contribution is -0.117. The van der Waals surface area contributed by atoms with Crippen molar-refractivity contribution in [2.75, 3.05) is 6.54 Å². The van der Waals surface area contributed by atoms with Crippen LogP contribution in [0.3, 0.4) is 0 Å². The number of pyridine rings is 1. The predicted octanol–water partition coefficient (Wildman–Crippen LogP) is -0.344. The van der Waals surface area contributed by atoms with E-state index in [2.05, 4.69) is 10.3 Å². The van der Waals surface area contributed by atoms with Gasteiger partial charge in [-0.1, -0.05) is 6.07 Å². The number of hydrogen-bond donors (Lipinski definition) is 2. The molecular formula is C8H11N3O. The van der Waals surface area contributed by atoms with Gasteiger partial charge >= 0.3 is 0 Å². The normalized spacial score (nSPS) is 9.67. The summed E-state index contributed by atoms with van der Waals surface area (Å²) < 4.78 is 0. The second-order valence-electron chi connectivity index (χ2n) is 2.39. The number of hydrogen-bond acceptors (Lipinski definition) is 3. The zero-order valence-corrected chi connectivity index (χ0v) is 6.66. The first-order valence-corrected chi connectivity index (χ1v) is 3.68. The second-order valence-corrected chi connectivity index (χ2v) is 2.39. The maximum Gasteiger partial charge on any atom is 0.231 e. The van der Waals surface area contributed by atoms with Crippen LogP contribution in [-0.4, -0.2) is 17.4 Å². The lowest BCUT2D eigenvalue weighted by atomic mass is 10.3. The molecule has 0 fully saturated rings. The Morgan fingerprint density at radius 1 is 1.58 bits per heavy atom. The molecule has 0 spiro atoms. The van der Waals surface area contributed by atoms with E-state index in [0.717, 1.165) is 5.69 Å². The van der Waals surface area contributed by atoms with E-state index in [-0.39, 0.29) is 12.5 Å². The van der Waals surface area contributed by atoms with E-state index >= 15 is 0 Å². The number of amides is 1. The van der Waals surface area contributed by atoms with Gasteiger partial charge in [-0.25, -0.2) is 0 Å². The summed E-state index contributed by atoms with van der Waals surface area (Å²) in [4.78, 5) is 14.4. The minimum Gasteiger partial charge on any atom is -0.369 e. The van der Waals surface area contributed by atoms with Gasteiger partial charge in [0, 0.05) is 12.7 Å². The summed E-state index contributed by atoms with van der Waals surface area (Å²) in [6, 6.07) is 5.62. The van der Waals surface area contributed by atoms with Crippen molar-refractivity contribution in [3.8, 4) is 0 Å². The predicted molar refractivity (Wildman–Crippen MR) is 45.1 cm³/mol. The molecule has 0 saturated heterocycles. The molecule has 64 valence electrons. The van der Waals surface area contributed by atoms with Gasteiger partial charge < -0.3 is 11.1 Å². The van der Waals surface area contributed by atoms with Crippen LogP contribution in [0.2, 0.25) is 0 Å². The number of primary amides is 1. The molecule has 0 radical (unpaired) electrons. The SMILES string of the molecule is NC(=O)CNCc1ccccn1. The Morgan fingerprint density at radius 2 is 2.42 bits per heavy atom. The molecule has 0 saturated carbocycles. The molecule has 12 heavy (non-hydrogen) atoms. The van der Waals surface area contributed by atoms with E-state index in [4.69, 9.17) is 5.73 Å². The highest BCUT2D eigenvalue weighted by atomic mass is 16.1. The second kappa shape index (κ2) is 4.46. The standard InChI is InChI=1S/C8H11N3O/c9-8(12)6-10-5-7-3-1-2-4-11-7/h1-4,10H,5-6H2,(H2,9,12). The molecule has 0 bridgehead atoms. The number of carbonyl (C=O) groups excluding carboxylic acids is 1. The summed E-state index contributed by atoms with van der Waals surface area (Å²) in [5, 5.41) is 2.86. The number of nitrogens with zero attached hydrogens (tertiary/aromatic N) is 1. The zero-order valence-electron chi connectivity index (χ0n) is 6.66. The minimum absolute atomic E-state index is 0.191. The summed E-state index contributed by atoms with van der Waals surface area (Å²) in [7, 11) is 0. The first-order valence-electron chi connectivity index (χ1n) is 3.68. The summed E-state index contributed by atoms with van der Waals surface area (Å²) in [5.74, 6) is -0.356. The van der Waals surface area contributed by atoms with Crippen LogP contribution in [0.25, 0.3) is 0 Å². The topological polar surface area (TPSA) is 68.0 Å². The van der Waals surface area contributed by atoms with Crippen molar-refractivity contribution < 1.29 is 4.79 Å². The quantitative estimate of drug-likeness (QED) is 0.641. The molecule has 1 rings (SSSR count). The lowest BCUT2D eigenvalue weighted by Gasteiger charge is -1.99. The molecule has 3 N–H and O–H groups in total. The van der Waals surface area contributed by atoms with E-state index in [1.807, 2.05) is 18.2 Å². The van der Waals surface area contributed by atoms with E-state index in [9.17, 15) is 4.79 Å². The third-order valence-electron chi connectivity index (χ3n) is 1.33. The van der Waals surface area contributed by atoms with E-state index in [0.29, 0.717) is 6.54 Å². The Hall–Kier alpha value is -1.42. The third kappa shape index (κ3) is 3.12. The van der Waals surface area contributed by atoms with Crippen LogP contribution in [0.5, 0.6) is 0 Å². The Labute approximate surface area is 70.8 Å². The minimum atomic E-state index is -0.356. The monoisotopic (exact) mass is 165 g/mol. The molecule has 0 unspecified atom stereocenters. The Bertz CT molecular complexity index is 248. The average molecular weight is 165 g/mol. The van der Waals surface area contributed by atoms with E-state index < -0.39 is 0 Å². The van der Waals surface area contributed by atoms with Crippen LogP contribution in [0.15, 0.2) is 24.4 Å². The van der Waals surface area contributed by atoms with Crippen molar-refractivity contribution in [2.45, 2.75) is 6.54 Å². The number of nitrogens with two attached hydrogens (primary N) is 1. The zero-order chi connectivity index (χ0) is 8.81. The molecule has 0 aromatic carbocycles. The van der Waals surface area contributed by atoms with Gasteiger partial charge in [-0.2, -0.15) is 0 Å². The van der Waals surface area contributed by atoms with Gasteiger partial charge in [-0.05, 0) is 12.1 Å². The highest BCUT2D eigenvalue weighted by molar-refractivity contribution is 5.75. The van der Waals surface area contributed by atoms with Gasteiger partial charge in [0.2, 0.25) is 5.91 Å². The van der Waals surface area contributed by atoms with Crippen LogP contribution in [0, 0.1) is 0 Å². The van der Waals surface area contributed by atoms with Crippen LogP contribution in [-0.2, 0) is 11.3 Å². The van der Waals surface area contributed by atoms with Gasteiger partial charge in [0.1, 0.15) is 0 Å². The molecule has 0 aliphatic carbocycles. The Balaban J connectivity index is 2.29. The molecule has 1 aromatic rings. The summed E-state index contributed by atoms with van der Waals surface area (Å²) in [5.41, 5.74) is 5.84. The van der Waals surface area contributed by atoms with Crippen molar-refractivity contribution in [1.82, 2.24) is 10.3 Å². The molecule has 1 aromatic heterocycles. The maximum atomic E-state index is 10.3. The highest BCUT2D eigenvalue weighted by Gasteiger charge is 1.94. The van der Waals surface area contributed by atoms with Crippen LogP contribution in [0.1, 0.15) is 5.69 Å². The van der Waals surface area contributed by atoms with Crippen LogP contribution in [0.4, 0.5) is 0 Å². The Kier molecular flexibility index (Phi) is 3.22. The smallest absolute Gasteiger partial charge is 0.231 e. The van der Waals surface area contributed by atoms with Gasteiger partial charge in [0.05, 0.1) is 12.2 Å². The summed E-state index contributed by atoms with van der Waals surface area (Å²) in [6.45, 7) is 0.764. The van der Waals surface area contributed by atoms with Crippen molar-refractivity contribution >= 4 is 5.91 Å². The average Bonchev–Trinajstić information content (AvgIpc) is 2.05. The third-order valence-corrected chi connectivity index (χ3v) is 1.33. The van der Waals surface area contributed by atoms with Gasteiger partial charge in [0.25, 0.3) is 0 Å². The van der Waals surface area contributed by atoms with Crippen LogP contribution < -0.4 is 11.1 Å². The number of aromatic nitrogens is 1. The van der Waals surface area contributed by atoms with E-state index in [1.165, 1.54) is 0 Å². The van der Waals surface area contributed by atoms with Crippen LogP contribution >= 0.6 is 0 Å². The van der Waals surface area contributed by atoms with Crippen molar-refractivity contribution in [2.24, 2.45) is 5.73 Å². The molecule has 0 atom stereocenters. The van der Waals surface area contributed by atoms with Gasteiger partial charge in [-0.3, -0.25) is 9.78 Å². The van der Waals surface area contributed by atoms with Crippen molar-refractivity contribution in [1.29, 1.82) is 0 Å². The maximum absolute atomic E-state index is 10.3. The molecule has 0 aliphatic heterocycles. The molecular weight excluding hydrogens is 154 g/mol. The highest BCUT2D eigenvalue weighted by Crippen LogP contribution is 1.90. The van der Waals surface area contributed by atoms with Gasteiger partial charge in [0.15, 0.2) is 0 Å². The van der Waals surface area contributed by atoms with E-state index in [1.54, 1.807) is 6.20 Å². The fourth-order valence-corrected chi connectivity index (χ4v) is 0.816. The number of rotatable bonds is 4. The largest absolute Gasteiger partial charge is 0.369 e. The first-order chi connectivity index (χ1) is 5.79. The fourth-order valence-electron chi connectivity index (χ4n) is 0.816. The molecule has 4 nitrogen and oxygen atoms in total. The van der Waals surface area contributed by atoms with Crippen molar-refractivity contribution in [3.05, 3.63) is 30.1 Å². The molecule has 1 heterocycles. The van der Waals surface area contributed by atoms with Crippen molar-refractivity contribution in [3.63, 3.8) is 0 Å². The Morgan fingerprint density at radius 3 is 3.00 bits per heavy atom. The lowest BCUT2D eigenvalue weighted by Crippen LogP contribution is -2.28. The fraction of sp³-hybridized carbons (Fsp3) is 0.250. The van der Waals surface area contributed by atoms with Gasteiger partial charge in [-0.15, -0.1) is 0 Å². The number of nitrogens with one attached hydrogen (secondary N) is 1. The molecule has 0 aliphatic rings. The summed E-state index contributed by atoms with van der Waals surface area (Å²) in [6.07, 6.45) is 1.71. The summed E-state index contributed by atoms with van der Waals surface area (Å²) >= 11 is 0.